The van der Waals surface area contributed by atoms with E-state index < -0.39 is 0 Å². The Morgan fingerprint density at radius 3 is 2.45 bits per heavy atom. The Morgan fingerprint density at radius 1 is 1.36 bits per heavy atom. The highest BCUT2D eigenvalue weighted by atomic mass is 16.5. The van der Waals surface area contributed by atoms with Crippen LogP contribution in [0, 0.1) is 5.92 Å². The van der Waals surface area contributed by atoms with Gasteiger partial charge in [-0.3, -0.25) is 0 Å². The summed E-state index contributed by atoms with van der Waals surface area (Å²) in [5, 5.41) is 0. The smallest absolute Gasteiger partial charge is 0.0777 e. The van der Waals surface area contributed by atoms with Gasteiger partial charge in [0.25, 0.3) is 0 Å². The lowest BCUT2D eigenvalue weighted by Crippen LogP contribution is -2.22. The molecule has 1 fully saturated rings. The summed E-state index contributed by atoms with van der Waals surface area (Å²) in [5.41, 5.74) is 0. The quantitative estimate of drug-likeness (QED) is 0.568. The van der Waals surface area contributed by atoms with E-state index in [1.807, 2.05) is 6.08 Å². The first kappa shape index (κ1) is 8.79. The molecule has 0 unspecified atom stereocenters. The standard InChI is InChI=1S/C10H18O/c1-3-10(11-2)9-7-5-4-6-8-9/h3,9-10H,1,4-8H2,2H3/t10-/m0/s1. The van der Waals surface area contributed by atoms with E-state index in [0.717, 1.165) is 5.92 Å². The van der Waals surface area contributed by atoms with Gasteiger partial charge in [-0.2, -0.15) is 0 Å². The predicted octanol–water partition coefficient (Wildman–Crippen LogP) is 2.77. The number of methoxy groups -OCH3 is 1. The van der Waals surface area contributed by atoms with Crippen molar-refractivity contribution in [1.29, 1.82) is 0 Å². The summed E-state index contributed by atoms with van der Waals surface area (Å²) in [4.78, 5) is 0. The monoisotopic (exact) mass is 154 g/mol. The fourth-order valence-corrected chi connectivity index (χ4v) is 1.94. The fourth-order valence-electron chi connectivity index (χ4n) is 1.94. The van der Waals surface area contributed by atoms with E-state index in [-0.39, 0.29) is 0 Å². The summed E-state index contributed by atoms with van der Waals surface area (Å²) in [5.74, 6) is 0.742. The molecule has 0 saturated heterocycles. The van der Waals surface area contributed by atoms with Crippen molar-refractivity contribution >= 4 is 0 Å². The second-order valence-corrected chi connectivity index (χ2v) is 3.33. The van der Waals surface area contributed by atoms with Crippen molar-refractivity contribution in [2.75, 3.05) is 7.11 Å². The van der Waals surface area contributed by atoms with Crippen molar-refractivity contribution in [3.8, 4) is 0 Å². The summed E-state index contributed by atoms with van der Waals surface area (Å²) < 4.78 is 5.32. The Bertz CT molecular complexity index is 114. The maximum absolute atomic E-state index is 5.32. The molecule has 1 nitrogen and oxygen atoms in total. The zero-order chi connectivity index (χ0) is 8.10. The topological polar surface area (TPSA) is 9.23 Å². The van der Waals surface area contributed by atoms with Crippen LogP contribution in [0.2, 0.25) is 0 Å². The number of hydrogen-bond donors (Lipinski definition) is 0. The van der Waals surface area contributed by atoms with Crippen LogP contribution in [-0.4, -0.2) is 13.2 Å². The Labute approximate surface area is 69.4 Å². The van der Waals surface area contributed by atoms with Crippen LogP contribution in [0.5, 0.6) is 0 Å². The van der Waals surface area contributed by atoms with Gasteiger partial charge in [0.05, 0.1) is 6.10 Å². The molecular formula is C10H18O. The van der Waals surface area contributed by atoms with Gasteiger partial charge in [-0.15, -0.1) is 6.58 Å². The number of hydrogen-bond acceptors (Lipinski definition) is 1. The van der Waals surface area contributed by atoms with Crippen LogP contribution in [0.4, 0.5) is 0 Å². The van der Waals surface area contributed by atoms with Gasteiger partial charge in [0.1, 0.15) is 0 Å². The van der Waals surface area contributed by atoms with E-state index in [1.165, 1.54) is 32.1 Å². The van der Waals surface area contributed by atoms with Gasteiger partial charge in [0.15, 0.2) is 0 Å². The van der Waals surface area contributed by atoms with Gasteiger partial charge in [-0.25, -0.2) is 0 Å². The second kappa shape index (κ2) is 4.55. The molecule has 0 spiro atoms. The summed E-state index contributed by atoms with van der Waals surface area (Å²) in [7, 11) is 1.78. The van der Waals surface area contributed by atoms with E-state index in [0.29, 0.717) is 6.10 Å². The van der Waals surface area contributed by atoms with Gasteiger partial charge in [0, 0.05) is 7.11 Å². The van der Waals surface area contributed by atoms with Crippen molar-refractivity contribution in [2.45, 2.75) is 38.2 Å². The lowest BCUT2D eigenvalue weighted by molar-refractivity contribution is 0.0722. The molecule has 0 aromatic carbocycles. The molecule has 0 radical (unpaired) electrons. The third-order valence-electron chi connectivity index (χ3n) is 2.62. The molecule has 0 aliphatic heterocycles. The summed E-state index contributed by atoms with van der Waals surface area (Å²) in [6.45, 7) is 3.78. The molecule has 1 aliphatic carbocycles. The molecule has 1 heteroatoms. The summed E-state index contributed by atoms with van der Waals surface area (Å²) in [6, 6.07) is 0. The maximum Gasteiger partial charge on any atom is 0.0777 e. The molecule has 0 aromatic rings. The zero-order valence-corrected chi connectivity index (χ0v) is 7.38. The lowest BCUT2D eigenvalue weighted by Gasteiger charge is -2.26. The Morgan fingerprint density at radius 2 is 2.00 bits per heavy atom. The molecule has 1 rings (SSSR count). The Hall–Kier alpha value is -0.300. The van der Waals surface area contributed by atoms with Crippen molar-refractivity contribution in [3.63, 3.8) is 0 Å². The third-order valence-corrected chi connectivity index (χ3v) is 2.62. The minimum Gasteiger partial charge on any atom is -0.377 e. The SMILES string of the molecule is C=C[C@H](OC)C1CCCCC1. The summed E-state index contributed by atoms with van der Waals surface area (Å²) >= 11 is 0. The van der Waals surface area contributed by atoms with Crippen LogP contribution >= 0.6 is 0 Å². The molecule has 0 aromatic heterocycles. The molecule has 0 bridgehead atoms. The van der Waals surface area contributed by atoms with E-state index in [9.17, 15) is 0 Å². The molecule has 1 atom stereocenters. The summed E-state index contributed by atoms with van der Waals surface area (Å²) in [6.07, 6.45) is 9.04. The van der Waals surface area contributed by atoms with Crippen LogP contribution in [0.25, 0.3) is 0 Å². The lowest BCUT2D eigenvalue weighted by atomic mass is 9.85. The third kappa shape index (κ3) is 2.33. The van der Waals surface area contributed by atoms with E-state index in [4.69, 9.17) is 4.74 Å². The molecule has 64 valence electrons. The average Bonchev–Trinajstić information content (AvgIpc) is 2.09. The van der Waals surface area contributed by atoms with Crippen LogP contribution in [0.1, 0.15) is 32.1 Å². The van der Waals surface area contributed by atoms with E-state index in [1.54, 1.807) is 7.11 Å². The minimum atomic E-state index is 0.301. The molecule has 0 N–H and O–H groups in total. The van der Waals surface area contributed by atoms with Gasteiger partial charge < -0.3 is 4.74 Å². The first-order chi connectivity index (χ1) is 5.38. The van der Waals surface area contributed by atoms with Crippen molar-refractivity contribution < 1.29 is 4.74 Å². The molecule has 0 heterocycles. The average molecular weight is 154 g/mol. The number of ether oxygens (including phenoxy) is 1. The molecule has 11 heavy (non-hydrogen) atoms. The van der Waals surface area contributed by atoms with Gasteiger partial charge >= 0.3 is 0 Å². The Kier molecular flexibility index (Phi) is 3.64. The van der Waals surface area contributed by atoms with Crippen LogP contribution < -0.4 is 0 Å². The van der Waals surface area contributed by atoms with Crippen LogP contribution in [-0.2, 0) is 4.74 Å². The zero-order valence-electron chi connectivity index (χ0n) is 7.38. The minimum absolute atomic E-state index is 0.301. The van der Waals surface area contributed by atoms with Gasteiger partial charge in [-0.05, 0) is 18.8 Å². The predicted molar refractivity (Wildman–Crippen MR) is 47.6 cm³/mol. The molecule has 1 aliphatic rings. The molecular weight excluding hydrogens is 136 g/mol. The normalized spacial score (nSPS) is 23.0. The first-order valence-electron chi connectivity index (χ1n) is 4.54. The number of rotatable bonds is 3. The van der Waals surface area contributed by atoms with E-state index >= 15 is 0 Å². The highest BCUT2D eigenvalue weighted by molar-refractivity contribution is 4.87. The highest BCUT2D eigenvalue weighted by Crippen LogP contribution is 2.27. The van der Waals surface area contributed by atoms with Crippen LogP contribution in [0.15, 0.2) is 12.7 Å². The molecule has 0 amide bonds. The largest absolute Gasteiger partial charge is 0.377 e. The first-order valence-corrected chi connectivity index (χ1v) is 4.54. The van der Waals surface area contributed by atoms with Crippen LogP contribution in [0.3, 0.4) is 0 Å². The molecule has 1 saturated carbocycles. The highest BCUT2D eigenvalue weighted by Gasteiger charge is 2.20. The second-order valence-electron chi connectivity index (χ2n) is 3.33. The van der Waals surface area contributed by atoms with Crippen molar-refractivity contribution in [3.05, 3.63) is 12.7 Å². The fraction of sp³-hybridized carbons (Fsp3) is 0.800. The maximum atomic E-state index is 5.32. The van der Waals surface area contributed by atoms with Gasteiger partial charge in [0.2, 0.25) is 0 Å². The van der Waals surface area contributed by atoms with Gasteiger partial charge in [-0.1, -0.05) is 25.3 Å². The van der Waals surface area contributed by atoms with Crippen molar-refractivity contribution in [1.82, 2.24) is 0 Å². The van der Waals surface area contributed by atoms with Crippen molar-refractivity contribution in [2.24, 2.45) is 5.92 Å². The Balaban J connectivity index is 2.35. The van der Waals surface area contributed by atoms with E-state index in [2.05, 4.69) is 6.58 Å².